The first-order valence-electron chi connectivity index (χ1n) is 10.5. The summed E-state index contributed by atoms with van der Waals surface area (Å²) in [5.41, 5.74) is 1.46. The van der Waals surface area contributed by atoms with E-state index in [-0.39, 0.29) is 11.4 Å². The maximum atomic E-state index is 12.4. The third-order valence-electron chi connectivity index (χ3n) is 6.87. The highest BCUT2D eigenvalue weighted by molar-refractivity contribution is 5.36. The van der Waals surface area contributed by atoms with Crippen molar-refractivity contribution in [2.45, 2.75) is 78.4 Å². The molecule has 150 valence electrons. The van der Waals surface area contributed by atoms with Gasteiger partial charge in [0.25, 0.3) is 0 Å². The number of likely N-dealkylation sites (tertiary alicyclic amines) is 2. The van der Waals surface area contributed by atoms with Gasteiger partial charge in [-0.2, -0.15) is 0 Å². The van der Waals surface area contributed by atoms with Gasteiger partial charge in [0, 0.05) is 31.2 Å². The molecule has 1 aliphatic carbocycles. The highest BCUT2D eigenvalue weighted by Gasteiger charge is 2.49. The molecule has 5 nitrogen and oxygen atoms in total. The van der Waals surface area contributed by atoms with Crippen molar-refractivity contribution in [3.05, 3.63) is 27.8 Å². The van der Waals surface area contributed by atoms with Crippen LogP contribution in [0.3, 0.4) is 0 Å². The van der Waals surface area contributed by atoms with Crippen molar-refractivity contribution in [3.8, 4) is 5.75 Å². The van der Waals surface area contributed by atoms with Crippen molar-refractivity contribution >= 4 is 0 Å². The second-order valence-corrected chi connectivity index (χ2v) is 10.3. The number of piperidine rings is 1. The first-order chi connectivity index (χ1) is 12.7. The van der Waals surface area contributed by atoms with E-state index in [0.717, 1.165) is 31.6 Å². The van der Waals surface area contributed by atoms with Gasteiger partial charge in [-0.05, 0) is 56.0 Å². The lowest BCUT2D eigenvalue weighted by molar-refractivity contribution is 0.126. The summed E-state index contributed by atoms with van der Waals surface area (Å²) in [6, 6.07) is 0.489. The first-order valence-corrected chi connectivity index (χ1v) is 10.5. The zero-order valence-corrected chi connectivity index (χ0v) is 17.1. The van der Waals surface area contributed by atoms with Gasteiger partial charge in [-0.25, -0.2) is 4.79 Å². The van der Waals surface area contributed by atoms with Gasteiger partial charge in [-0.15, -0.1) is 0 Å². The van der Waals surface area contributed by atoms with E-state index in [1.165, 1.54) is 38.4 Å². The molecular weight excluding hydrogens is 340 g/mol. The Morgan fingerprint density at radius 3 is 2.63 bits per heavy atom. The van der Waals surface area contributed by atoms with Crippen LogP contribution in [0.2, 0.25) is 0 Å². The second kappa shape index (κ2) is 6.93. The minimum atomic E-state index is -0.388. The number of fused-ring (bicyclic) bond motifs is 2. The van der Waals surface area contributed by atoms with E-state index in [1.807, 2.05) is 0 Å². The highest BCUT2D eigenvalue weighted by Crippen LogP contribution is 2.52. The number of hydrogen-bond acceptors (Lipinski definition) is 5. The number of hydrogen-bond donors (Lipinski definition) is 1. The van der Waals surface area contributed by atoms with Gasteiger partial charge in [-0.3, -0.25) is 9.80 Å². The summed E-state index contributed by atoms with van der Waals surface area (Å²) in [7, 11) is 0. The molecule has 0 amide bonds. The van der Waals surface area contributed by atoms with Crippen LogP contribution < -0.4 is 5.63 Å². The van der Waals surface area contributed by atoms with Crippen molar-refractivity contribution in [1.82, 2.24) is 9.80 Å². The van der Waals surface area contributed by atoms with Crippen LogP contribution in [0, 0.1) is 10.8 Å². The molecular formula is C22H34N2O3. The largest absolute Gasteiger partial charge is 0.507 e. The van der Waals surface area contributed by atoms with Crippen LogP contribution in [0.4, 0.5) is 0 Å². The normalized spacial score (nSPS) is 31.3. The van der Waals surface area contributed by atoms with E-state index in [9.17, 15) is 9.90 Å². The number of aromatic hydroxyl groups is 1. The lowest BCUT2D eigenvalue weighted by Gasteiger charge is -2.39. The zero-order valence-electron chi connectivity index (χ0n) is 17.1. The molecule has 5 heteroatoms. The Bertz CT molecular complexity index is 750. The van der Waals surface area contributed by atoms with Crippen LogP contribution in [-0.4, -0.2) is 40.6 Å². The molecule has 27 heavy (non-hydrogen) atoms. The molecule has 3 aliphatic rings. The Morgan fingerprint density at radius 1 is 1.15 bits per heavy atom. The molecule has 3 heterocycles. The SMILES string of the molecule is CC1(C)C[C@@H]2C[C@@](C)(CN2Cc2c(O)c(CN3CCCCC3)coc2=O)C1. The molecule has 2 bridgehead atoms. The summed E-state index contributed by atoms with van der Waals surface area (Å²) < 4.78 is 5.33. The minimum absolute atomic E-state index is 0.155. The highest BCUT2D eigenvalue weighted by atomic mass is 16.4. The van der Waals surface area contributed by atoms with E-state index in [4.69, 9.17) is 4.42 Å². The average molecular weight is 375 g/mol. The van der Waals surface area contributed by atoms with Crippen molar-refractivity contribution in [2.24, 2.45) is 10.8 Å². The molecule has 1 saturated carbocycles. The Hall–Kier alpha value is -1.33. The van der Waals surface area contributed by atoms with Crippen molar-refractivity contribution < 1.29 is 9.52 Å². The van der Waals surface area contributed by atoms with Gasteiger partial charge in [-0.1, -0.05) is 27.2 Å². The maximum absolute atomic E-state index is 12.4. The van der Waals surface area contributed by atoms with E-state index in [0.29, 0.717) is 35.5 Å². The van der Waals surface area contributed by atoms with Gasteiger partial charge in [0.05, 0.1) is 5.56 Å². The zero-order chi connectivity index (χ0) is 19.2. The third-order valence-corrected chi connectivity index (χ3v) is 6.87. The molecule has 0 aromatic carbocycles. The second-order valence-electron chi connectivity index (χ2n) is 10.3. The lowest BCUT2D eigenvalue weighted by atomic mass is 9.65. The Morgan fingerprint density at radius 2 is 1.89 bits per heavy atom. The van der Waals surface area contributed by atoms with Crippen LogP contribution in [0.25, 0.3) is 0 Å². The van der Waals surface area contributed by atoms with Crippen LogP contribution >= 0.6 is 0 Å². The fraction of sp³-hybridized carbons (Fsp3) is 0.773. The van der Waals surface area contributed by atoms with Crippen molar-refractivity contribution in [3.63, 3.8) is 0 Å². The van der Waals surface area contributed by atoms with Crippen molar-refractivity contribution in [2.75, 3.05) is 19.6 Å². The lowest BCUT2D eigenvalue weighted by Crippen LogP contribution is -2.35. The van der Waals surface area contributed by atoms with Gasteiger partial charge >= 0.3 is 5.63 Å². The summed E-state index contributed by atoms with van der Waals surface area (Å²) in [6.45, 7) is 11.3. The molecule has 0 radical (unpaired) electrons. The summed E-state index contributed by atoms with van der Waals surface area (Å²) in [5.74, 6) is 0.155. The predicted octanol–water partition coefficient (Wildman–Crippen LogP) is 3.73. The summed E-state index contributed by atoms with van der Waals surface area (Å²) in [6.07, 6.45) is 8.72. The molecule has 1 aromatic heterocycles. The standard InChI is InChI=1S/C22H34N2O3/c1-21(2)9-17-10-22(3,14-21)15-24(17)12-18-19(25)16(13-27-20(18)26)11-23-7-5-4-6-8-23/h13,17,25H,4-12,14-15H2,1-3H3/t17-,22-/m1/s1. The van der Waals surface area contributed by atoms with E-state index in [1.54, 1.807) is 0 Å². The monoisotopic (exact) mass is 374 g/mol. The Kier molecular flexibility index (Phi) is 4.88. The van der Waals surface area contributed by atoms with Crippen LogP contribution in [0.5, 0.6) is 5.75 Å². The van der Waals surface area contributed by atoms with Crippen molar-refractivity contribution in [1.29, 1.82) is 0 Å². The van der Waals surface area contributed by atoms with Gasteiger partial charge in [0.1, 0.15) is 12.0 Å². The topological polar surface area (TPSA) is 56.9 Å². The molecule has 2 atom stereocenters. The predicted molar refractivity (Wildman–Crippen MR) is 106 cm³/mol. The molecule has 4 rings (SSSR count). The molecule has 2 aliphatic heterocycles. The molecule has 3 fully saturated rings. The molecule has 1 aromatic rings. The fourth-order valence-electron chi connectivity index (χ4n) is 6.12. The van der Waals surface area contributed by atoms with E-state index in [2.05, 4.69) is 30.6 Å². The van der Waals surface area contributed by atoms with Gasteiger partial charge < -0.3 is 9.52 Å². The van der Waals surface area contributed by atoms with Gasteiger partial charge in [0.15, 0.2) is 0 Å². The Labute approximate surface area is 162 Å². The van der Waals surface area contributed by atoms with Gasteiger partial charge in [0.2, 0.25) is 0 Å². The average Bonchev–Trinajstić information content (AvgIpc) is 2.83. The van der Waals surface area contributed by atoms with Crippen LogP contribution in [0.15, 0.2) is 15.5 Å². The Balaban J connectivity index is 1.54. The summed E-state index contributed by atoms with van der Waals surface area (Å²) in [5, 5.41) is 10.9. The van der Waals surface area contributed by atoms with E-state index < -0.39 is 0 Å². The smallest absolute Gasteiger partial charge is 0.343 e. The number of rotatable bonds is 4. The molecule has 0 spiro atoms. The third kappa shape index (κ3) is 3.95. The first kappa shape index (κ1) is 19.0. The summed E-state index contributed by atoms with van der Waals surface area (Å²) >= 11 is 0. The molecule has 0 unspecified atom stereocenters. The van der Waals surface area contributed by atoms with Crippen LogP contribution in [0.1, 0.15) is 70.4 Å². The van der Waals surface area contributed by atoms with Crippen LogP contribution in [-0.2, 0) is 13.1 Å². The van der Waals surface area contributed by atoms with E-state index >= 15 is 0 Å². The molecule has 1 N–H and O–H groups in total. The summed E-state index contributed by atoms with van der Waals surface area (Å²) in [4.78, 5) is 17.2. The maximum Gasteiger partial charge on any atom is 0.343 e. The minimum Gasteiger partial charge on any atom is -0.507 e. The molecule has 2 saturated heterocycles. The quantitative estimate of drug-likeness (QED) is 0.870. The number of nitrogens with zero attached hydrogens (tertiary/aromatic N) is 2. The fourth-order valence-corrected chi connectivity index (χ4v) is 6.12.